The molecule has 7 nitrogen and oxygen atoms in total. The molecule has 0 spiro atoms. The number of aryl methyl sites for hydroxylation is 1. The number of nitrogens with one attached hydrogen (secondary N) is 1. The zero-order valence-electron chi connectivity index (χ0n) is 13.1. The summed E-state index contributed by atoms with van der Waals surface area (Å²) < 4.78 is 10.2. The number of aromatic nitrogens is 2. The highest BCUT2D eigenvalue weighted by atomic mass is 16.5. The minimum absolute atomic E-state index is 0.0524. The maximum Gasteiger partial charge on any atom is 0.359 e. The molecule has 1 atom stereocenters. The molecule has 7 heteroatoms. The second-order valence-corrected chi connectivity index (χ2v) is 4.81. The second kappa shape index (κ2) is 7.35. The van der Waals surface area contributed by atoms with Crippen molar-refractivity contribution in [1.82, 2.24) is 9.97 Å². The van der Waals surface area contributed by atoms with E-state index in [-0.39, 0.29) is 5.69 Å². The fraction of sp³-hybridized carbons (Fsp3) is 0.250. The van der Waals surface area contributed by atoms with Crippen LogP contribution in [0.2, 0.25) is 0 Å². The summed E-state index contributed by atoms with van der Waals surface area (Å²) in [7, 11) is 1.54. The zero-order chi connectivity index (χ0) is 16.8. The van der Waals surface area contributed by atoms with Crippen molar-refractivity contribution < 1.29 is 19.1 Å². The molecule has 0 aliphatic heterocycles. The minimum Gasteiger partial charge on any atom is -0.497 e. The van der Waals surface area contributed by atoms with Crippen molar-refractivity contribution in [3.63, 3.8) is 0 Å². The molecule has 1 heterocycles. The number of carbonyl (C=O) groups excluding carboxylic acids is 2. The van der Waals surface area contributed by atoms with Crippen LogP contribution >= 0.6 is 0 Å². The Balaban J connectivity index is 1.96. The van der Waals surface area contributed by atoms with Gasteiger partial charge < -0.3 is 14.8 Å². The molecule has 0 aliphatic carbocycles. The van der Waals surface area contributed by atoms with E-state index >= 15 is 0 Å². The van der Waals surface area contributed by atoms with E-state index in [0.717, 1.165) is 0 Å². The van der Waals surface area contributed by atoms with E-state index in [2.05, 4.69) is 15.3 Å². The number of ether oxygens (including phenoxy) is 2. The van der Waals surface area contributed by atoms with E-state index < -0.39 is 18.0 Å². The summed E-state index contributed by atoms with van der Waals surface area (Å²) in [5, 5.41) is 2.65. The lowest BCUT2D eigenvalue weighted by atomic mass is 10.3. The number of rotatable bonds is 5. The predicted octanol–water partition coefficient (Wildman–Crippen LogP) is 1.98. The Hall–Kier alpha value is -2.96. The third-order valence-corrected chi connectivity index (χ3v) is 2.98. The molecule has 23 heavy (non-hydrogen) atoms. The minimum atomic E-state index is -0.975. The van der Waals surface area contributed by atoms with Crippen LogP contribution in [0.4, 0.5) is 5.69 Å². The quantitative estimate of drug-likeness (QED) is 0.848. The molecule has 0 saturated heterocycles. The molecule has 0 fully saturated rings. The number of methoxy groups -OCH3 is 1. The number of anilines is 1. The lowest BCUT2D eigenvalue weighted by molar-refractivity contribution is -0.123. The molecule has 0 bridgehead atoms. The van der Waals surface area contributed by atoms with E-state index in [9.17, 15) is 9.59 Å². The van der Waals surface area contributed by atoms with E-state index in [4.69, 9.17) is 9.47 Å². The number of amides is 1. The lowest BCUT2D eigenvalue weighted by Crippen LogP contribution is -2.30. The molecule has 0 aliphatic rings. The molecule has 0 saturated carbocycles. The Morgan fingerprint density at radius 3 is 2.65 bits per heavy atom. The van der Waals surface area contributed by atoms with Gasteiger partial charge in [-0.3, -0.25) is 9.78 Å². The van der Waals surface area contributed by atoms with Crippen LogP contribution in [0.25, 0.3) is 0 Å². The highest BCUT2D eigenvalue weighted by Crippen LogP contribution is 2.17. The van der Waals surface area contributed by atoms with E-state index in [0.29, 0.717) is 17.1 Å². The summed E-state index contributed by atoms with van der Waals surface area (Å²) in [4.78, 5) is 31.8. The van der Waals surface area contributed by atoms with E-state index in [1.54, 1.807) is 31.2 Å². The van der Waals surface area contributed by atoms with Crippen molar-refractivity contribution in [2.45, 2.75) is 20.0 Å². The molecular formula is C16H17N3O4. The monoisotopic (exact) mass is 315 g/mol. The normalized spacial score (nSPS) is 11.4. The van der Waals surface area contributed by atoms with Gasteiger partial charge in [-0.1, -0.05) is 6.07 Å². The summed E-state index contributed by atoms with van der Waals surface area (Å²) in [6.07, 6.45) is 1.79. The van der Waals surface area contributed by atoms with Crippen molar-refractivity contribution in [2.24, 2.45) is 0 Å². The SMILES string of the molecule is COc1cccc(NC(=O)[C@H](C)OC(=O)c2cnc(C)cn2)c1. The predicted molar refractivity (Wildman–Crippen MR) is 83.3 cm³/mol. The topological polar surface area (TPSA) is 90.4 Å². The smallest absolute Gasteiger partial charge is 0.359 e. The van der Waals surface area contributed by atoms with Crippen molar-refractivity contribution in [3.8, 4) is 5.75 Å². The van der Waals surface area contributed by atoms with E-state index in [1.165, 1.54) is 26.4 Å². The fourth-order valence-electron chi connectivity index (χ4n) is 1.72. The van der Waals surface area contributed by atoms with Gasteiger partial charge in [-0.05, 0) is 26.0 Å². The molecular weight excluding hydrogens is 298 g/mol. The average molecular weight is 315 g/mol. The molecule has 2 rings (SSSR count). The van der Waals surface area contributed by atoms with Gasteiger partial charge in [0.1, 0.15) is 5.75 Å². The van der Waals surface area contributed by atoms with Crippen LogP contribution in [-0.4, -0.2) is 35.1 Å². The maximum atomic E-state index is 12.1. The Morgan fingerprint density at radius 2 is 2.00 bits per heavy atom. The van der Waals surface area contributed by atoms with Gasteiger partial charge in [-0.25, -0.2) is 9.78 Å². The number of benzene rings is 1. The van der Waals surface area contributed by atoms with Crippen molar-refractivity contribution in [2.75, 3.05) is 12.4 Å². The molecule has 120 valence electrons. The maximum absolute atomic E-state index is 12.1. The lowest BCUT2D eigenvalue weighted by Gasteiger charge is -2.13. The fourth-order valence-corrected chi connectivity index (χ4v) is 1.72. The highest BCUT2D eigenvalue weighted by Gasteiger charge is 2.20. The molecule has 1 N–H and O–H groups in total. The van der Waals surface area contributed by atoms with Crippen molar-refractivity contribution >= 4 is 17.6 Å². The summed E-state index contributed by atoms with van der Waals surface area (Å²) in [6.45, 7) is 3.24. The van der Waals surface area contributed by atoms with Gasteiger partial charge in [0.05, 0.1) is 19.0 Å². The van der Waals surface area contributed by atoms with Crippen LogP contribution in [0.15, 0.2) is 36.7 Å². The number of carbonyl (C=O) groups is 2. The van der Waals surface area contributed by atoms with Crippen LogP contribution in [0.1, 0.15) is 23.1 Å². The first-order valence-electron chi connectivity index (χ1n) is 6.94. The summed E-state index contributed by atoms with van der Waals surface area (Å²) in [5.41, 5.74) is 1.29. The first-order valence-corrected chi connectivity index (χ1v) is 6.94. The Bertz CT molecular complexity index is 701. The highest BCUT2D eigenvalue weighted by molar-refractivity contribution is 5.96. The second-order valence-electron chi connectivity index (χ2n) is 4.81. The number of hydrogen-bond donors (Lipinski definition) is 1. The van der Waals surface area contributed by atoms with Gasteiger partial charge in [0.25, 0.3) is 5.91 Å². The molecule has 0 radical (unpaired) electrons. The first kappa shape index (κ1) is 16.4. The van der Waals surface area contributed by atoms with Crippen LogP contribution in [0.3, 0.4) is 0 Å². The summed E-state index contributed by atoms with van der Waals surface area (Å²) in [6, 6.07) is 6.88. The van der Waals surface area contributed by atoms with Crippen LogP contribution in [0.5, 0.6) is 5.75 Å². The molecule has 1 aromatic carbocycles. The Labute approximate surface area is 133 Å². The van der Waals surface area contributed by atoms with Gasteiger partial charge in [-0.15, -0.1) is 0 Å². The summed E-state index contributed by atoms with van der Waals surface area (Å²) >= 11 is 0. The zero-order valence-corrected chi connectivity index (χ0v) is 13.1. The van der Waals surface area contributed by atoms with Gasteiger partial charge in [0, 0.05) is 18.0 Å². The first-order chi connectivity index (χ1) is 11.0. The Kier molecular flexibility index (Phi) is 5.24. The molecule has 1 aromatic heterocycles. The van der Waals surface area contributed by atoms with Gasteiger partial charge in [0.2, 0.25) is 0 Å². The number of hydrogen-bond acceptors (Lipinski definition) is 6. The number of esters is 1. The molecule has 2 aromatic rings. The average Bonchev–Trinajstić information content (AvgIpc) is 2.55. The van der Waals surface area contributed by atoms with E-state index in [1.807, 2.05) is 0 Å². The van der Waals surface area contributed by atoms with Crippen molar-refractivity contribution in [1.29, 1.82) is 0 Å². The van der Waals surface area contributed by atoms with Gasteiger partial charge in [0.15, 0.2) is 11.8 Å². The Morgan fingerprint density at radius 1 is 1.22 bits per heavy atom. The number of nitrogens with zero attached hydrogens (tertiary/aromatic N) is 2. The third kappa shape index (κ3) is 4.50. The van der Waals surface area contributed by atoms with Crippen LogP contribution < -0.4 is 10.1 Å². The van der Waals surface area contributed by atoms with Crippen LogP contribution in [0, 0.1) is 6.92 Å². The van der Waals surface area contributed by atoms with Gasteiger partial charge in [-0.2, -0.15) is 0 Å². The molecule has 1 amide bonds. The third-order valence-electron chi connectivity index (χ3n) is 2.98. The standard InChI is InChI=1S/C16H17N3O4/c1-10-8-18-14(9-17-10)16(21)23-11(2)15(20)19-12-5-4-6-13(7-12)22-3/h4-9,11H,1-3H3,(H,19,20)/t11-/m0/s1. The van der Waals surface area contributed by atoms with Crippen LogP contribution in [-0.2, 0) is 9.53 Å². The molecule has 0 unspecified atom stereocenters. The summed E-state index contributed by atoms with van der Waals surface area (Å²) in [5.74, 6) is -0.542. The largest absolute Gasteiger partial charge is 0.497 e. The van der Waals surface area contributed by atoms with Crippen molar-refractivity contribution in [3.05, 3.63) is 48.0 Å². The van der Waals surface area contributed by atoms with Gasteiger partial charge >= 0.3 is 5.97 Å².